The smallest absolute Gasteiger partial charge is 0.136 e. The van der Waals surface area contributed by atoms with Gasteiger partial charge >= 0.3 is 0 Å². The van der Waals surface area contributed by atoms with Crippen molar-refractivity contribution in [2.45, 2.75) is 39.2 Å². The molecule has 1 aliphatic carbocycles. The van der Waals surface area contributed by atoms with E-state index in [1.165, 1.54) is 4.88 Å². The summed E-state index contributed by atoms with van der Waals surface area (Å²) in [5.41, 5.74) is 3.00. The van der Waals surface area contributed by atoms with Gasteiger partial charge in [0.2, 0.25) is 0 Å². The average molecular weight is 371 g/mol. The molecule has 5 nitrogen and oxygen atoms in total. The lowest BCUT2D eigenvalue weighted by atomic mass is 10.0. The third-order valence-electron chi connectivity index (χ3n) is 3.79. The van der Waals surface area contributed by atoms with Crippen molar-refractivity contribution in [2.24, 2.45) is 5.16 Å². The summed E-state index contributed by atoms with van der Waals surface area (Å²) in [4.78, 5) is 21.4. The summed E-state index contributed by atoms with van der Waals surface area (Å²) in [6, 6.07) is 3.95. The van der Waals surface area contributed by atoms with E-state index in [0.29, 0.717) is 0 Å². The number of thiazole rings is 2. The molecular weight excluding hydrogens is 352 g/mol. The molecule has 0 saturated heterocycles. The molecule has 128 valence electrons. The first-order valence-electron chi connectivity index (χ1n) is 8.30. The second-order valence-electron chi connectivity index (χ2n) is 6.11. The Balaban J connectivity index is 1.65. The lowest BCUT2D eigenvalue weighted by molar-refractivity contribution is 0.0854. The monoisotopic (exact) mass is 370 g/mol. The van der Waals surface area contributed by atoms with E-state index in [-0.39, 0.29) is 6.10 Å². The van der Waals surface area contributed by atoms with Gasteiger partial charge in [0.15, 0.2) is 0 Å². The molecule has 4 rings (SSSR count). The number of rotatable bonds is 4. The van der Waals surface area contributed by atoms with E-state index < -0.39 is 0 Å². The topological polar surface area (TPSA) is 60.3 Å². The molecule has 0 saturated carbocycles. The Bertz CT molecular complexity index is 899. The summed E-state index contributed by atoms with van der Waals surface area (Å²) in [7, 11) is 0. The second-order valence-corrected chi connectivity index (χ2v) is 8.22. The maximum atomic E-state index is 5.45. The largest absolute Gasteiger partial charge is 0.393 e. The van der Waals surface area contributed by atoms with Crippen LogP contribution in [0.15, 0.2) is 35.9 Å². The molecule has 0 atom stereocenters. The molecule has 0 aromatic carbocycles. The predicted molar refractivity (Wildman–Crippen MR) is 102 cm³/mol. The van der Waals surface area contributed by atoms with Crippen molar-refractivity contribution in [3.63, 3.8) is 0 Å². The van der Waals surface area contributed by atoms with Gasteiger partial charge in [-0.3, -0.25) is 4.98 Å². The zero-order chi connectivity index (χ0) is 17.2. The number of aryl methyl sites for hydroxylation is 1. The number of aromatic nitrogens is 3. The van der Waals surface area contributed by atoms with Crippen LogP contribution in [-0.2, 0) is 11.3 Å². The molecule has 3 heterocycles. The predicted octanol–water partition coefficient (Wildman–Crippen LogP) is 4.79. The Hall–Kier alpha value is -2.12. The van der Waals surface area contributed by atoms with Gasteiger partial charge in [-0.05, 0) is 45.2 Å². The molecule has 0 amide bonds. The van der Waals surface area contributed by atoms with Crippen LogP contribution in [0.1, 0.15) is 37.3 Å². The molecule has 0 fully saturated rings. The maximum Gasteiger partial charge on any atom is 0.136 e. The second kappa shape index (κ2) is 7.01. The maximum absolute atomic E-state index is 5.45. The summed E-state index contributed by atoms with van der Waals surface area (Å²) in [6.07, 6.45) is 8.67. The Labute approximate surface area is 154 Å². The highest BCUT2D eigenvalue weighted by Crippen LogP contribution is 2.37. The van der Waals surface area contributed by atoms with E-state index in [4.69, 9.17) is 9.82 Å². The number of hydrogen-bond donors (Lipinski definition) is 0. The van der Waals surface area contributed by atoms with Crippen LogP contribution in [-0.4, -0.2) is 26.8 Å². The molecule has 1 aliphatic rings. The van der Waals surface area contributed by atoms with Crippen molar-refractivity contribution in [2.75, 3.05) is 0 Å². The number of pyridine rings is 1. The SMILES string of the molecule is CC(C)O/N=C1\CCCc2sc(-c3cnc(-c4cccnc4)s3)nc21. The summed E-state index contributed by atoms with van der Waals surface area (Å²) in [6.45, 7) is 3.97. The normalized spacial score (nSPS) is 15.6. The summed E-state index contributed by atoms with van der Waals surface area (Å²) in [5.74, 6) is 0. The van der Waals surface area contributed by atoms with E-state index in [0.717, 1.165) is 51.1 Å². The van der Waals surface area contributed by atoms with Gasteiger partial charge in [0.1, 0.15) is 27.5 Å². The van der Waals surface area contributed by atoms with Crippen LogP contribution in [0.4, 0.5) is 0 Å². The average Bonchev–Trinajstić information content (AvgIpc) is 3.27. The third-order valence-corrected chi connectivity index (χ3v) is 6.12. The van der Waals surface area contributed by atoms with Crippen molar-refractivity contribution < 1.29 is 4.84 Å². The number of nitrogens with zero attached hydrogens (tertiary/aromatic N) is 4. The van der Waals surface area contributed by atoms with Crippen LogP contribution in [0.5, 0.6) is 0 Å². The minimum atomic E-state index is 0.0829. The van der Waals surface area contributed by atoms with Gasteiger partial charge in [0.05, 0.1) is 4.88 Å². The van der Waals surface area contributed by atoms with Crippen molar-refractivity contribution in [1.82, 2.24) is 15.0 Å². The first-order chi connectivity index (χ1) is 12.2. The molecule has 0 radical (unpaired) electrons. The Kier molecular flexibility index (Phi) is 4.59. The van der Waals surface area contributed by atoms with Gasteiger partial charge in [-0.15, -0.1) is 22.7 Å². The van der Waals surface area contributed by atoms with Crippen molar-refractivity contribution in [3.8, 4) is 20.5 Å². The van der Waals surface area contributed by atoms with Crippen LogP contribution >= 0.6 is 22.7 Å². The molecule has 0 N–H and O–H groups in total. The van der Waals surface area contributed by atoms with Gasteiger partial charge in [0.25, 0.3) is 0 Å². The van der Waals surface area contributed by atoms with E-state index in [1.807, 2.05) is 38.4 Å². The fourth-order valence-corrected chi connectivity index (χ4v) is 4.71. The van der Waals surface area contributed by atoms with Gasteiger partial charge in [-0.2, -0.15) is 0 Å². The lowest BCUT2D eigenvalue weighted by Crippen LogP contribution is -2.12. The fourth-order valence-electron chi connectivity index (χ4n) is 2.64. The van der Waals surface area contributed by atoms with Gasteiger partial charge < -0.3 is 4.84 Å². The van der Waals surface area contributed by atoms with E-state index in [2.05, 4.69) is 15.1 Å². The molecule has 0 aliphatic heterocycles. The standard InChI is InChI=1S/C18H18N4OS2/c1-11(2)23-22-13-6-3-7-14-16(13)21-18(24-14)15-10-20-17(25-15)12-5-4-8-19-9-12/h4-5,8-11H,3,6-7H2,1-2H3/b22-13+. The third kappa shape index (κ3) is 3.48. The summed E-state index contributed by atoms with van der Waals surface area (Å²) < 4.78 is 0. The van der Waals surface area contributed by atoms with Crippen molar-refractivity contribution >= 4 is 28.4 Å². The Morgan fingerprint density at radius 3 is 2.88 bits per heavy atom. The molecule has 3 aromatic heterocycles. The molecule has 7 heteroatoms. The number of hydrogen-bond acceptors (Lipinski definition) is 7. The van der Waals surface area contributed by atoms with Gasteiger partial charge in [0, 0.05) is 29.0 Å². The van der Waals surface area contributed by atoms with Gasteiger partial charge in [-0.25, -0.2) is 9.97 Å². The Morgan fingerprint density at radius 1 is 1.16 bits per heavy atom. The first-order valence-corrected chi connectivity index (χ1v) is 9.93. The fraction of sp³-hybridized carbons (Fsp3) is 0.333. The molecule has 0 spiro atoms. The molecular formula is C18H18N4OS2. The molecule has 3 aromatic rings. The number of fused-ring (bicyclic) bond motifs is 1. The van der Waals surface area contributed by atoms with Crippen molar-refractivity contribution in [1.29, 1.82) is 0 Å². The first kappa shape index (κ1) is 16.4. The van der Waals surface area contributed by atoms with Crippen LogP contribution in [0.3, 0.4) is 0 Å². The molecule has 25 heavy (non-hydrogen) atoms. The number of oxime groups is 1. The lowest BCUT2D eigenvalue weighted by Gasteiger charge is -2.12. The van der Waals surface area contributed by atoms with E-state index in [1.54, 1.807) is 28.9 Å². The van der Waals surface area contributed by atoms with E-state index in [9.17, 15) is 0 Å². The molecule has 0 bridgehead atoms. The summed E-state index contributed by atoms with van der Waals surface area (Å²) in [5, 5.41) is 6.30. The highest BCUT2D eigenvalue weighted by molar-refractivity contribution is 7.23. The minimum Gasteiger partial charge on any atom is -0.393 e. The Morgan fingerprint density at radius 2 is 2.08 bits per heavy atom. The zero-order valence-electron chi connectivity index (χ0n) is 14.1. The van der Waals surface area contributed by atoms with Gasteiger partial charge in [-0.1, -0.05) is 5.16 Å². The quantitative estimate of drug-likeness (QED) is 0.619. The van der Waals surface area contributed by atoms with Crippen LogP contribution in [0.2, 0.25) is 0 Å². The zero-order valence-corrected chi connectivity index (χ0v) is 15.7. The summed E-state index contributed by atoms with van der Waals surface area (Å²) >= 11 is 3.39. The van der Waals surface area contributed by atoms with E-state index >= 15 is 0 Å². The van der Waals surface area contributed by atoms with Crippen molar-refractivity contribution in [3.05, 3.63) is 41.3 Å². The van der Waals surface area contributed by atoms with Crippen LogP contribution < -0.4 is 0 Å². The minimum absolute atomic E-state index is 0.0829. The van der Waals surface area contributed by atoms with Crippen LogP contribution in [0.25, 0.3) is 20.5 Å². The van der Waals surface area contributed by atoms with Crippen LogP contribution in [0, 0.1) is 0 Å². The highest BCUT2D eigenvalue weighted by atomic mass is 32.1. The molecule has 0 unspecified atom stereocenters. The highest BCUT2D eigenvalue weighted by Gasteiger charge is 2.23.